The van der Waals surface area contributed by atoms with Crippen molar-refractivity contribution in [3.05, 3.63) is 16.2 Å². The molecular weight excluding hydrogens is 244 g/mol. The van der Waals surface area contributed by atoms with Crippen LogP contribution in [0.25, 0.3) is 10.2 Å². The van der Waals surface area contributed by atoms with Gasteiger partial charge in [0.05, 0.1) is 12.0 Å². The molecule has 0 N–H and O–H groups in total. The zero-order valence-corrected chi connectivity index (χ0v) is 10.4. The molecule has 2 heterocycles. The molecular formula is C11H11ClN2OS. The molecule has 1 fully saturated rings. The summed E-state index contributed by atoms with van der Waals surface area (Å²) >= 11 is 7.48. The molecule has 1 aliphatic rings. The van der Waals surface area contributed by atoms with Crippen LogP contribution in [-0.2, 0) is 0 Å². The summed E-state index contributed by atoms with van der Waals surface area (Å²) in [6.07, 6.45) is 2.54. The number of fused-ring (bicyclic) bond motifs is 1. The minimum atomic E-state index is 0.264. The van der Waals surface area contributed by atoms with Crippen molar-refractivity contribution < 1.29 is 4.74 Å². The van der Waals surface area contributed by atoms with Gasteiger partial charge in [0.2, 0.25) is 11.2 Å². The minimum absolute atomic E-state index is 0.264. The van der Waals surface area contributed by atoms with Gasteiger partial charge < -0.3 is 4.74 Å². The summed E-state index contributed by atoms with van der Waals surface area (Å²) in [4.78, 5) is 10.4. The van der Waals surface area contributed by atoms with Crippen molar-refractivity contribution in [2.24, 2.45) is 5.92 Å². The van der Waals surface area contributed by atoms with Crippen LogP contribution >= 0.6 is 22.9 Å². The van der Waals surface area contributed by atoms with Crippen LogP contribution in [0.2, 0.25) is 5.28 Å². The Labute approximate surface area is 102 Å². The molecule has 0 atom stereocenters. The fourth-order valence-electron chi connectivity index (χ4n) is 1.58. The Bertz CT molecular complexity index is 536. The predicted molar refractivity (Wildman–Crippen MR) is 65.4 cm³/mol. The van der Waals surface area contributed by atoms with Crippen LogP contribution in [0.3, 0.4) is 0 Å². The van der Waals surface area contributed by atoms with E-state index in [0.29, 0.717) is 11.8 Å². The highest BCUT2D eigenvalue weighted by Gasteiger charge is 2.23. The summed E-state index contributed by atoms with van der Waals surface area (Å²) in [7, 11) is 0. The molecule has 2 aromatic rings. The van der Waals surface area contributed by atoms with E-state index in [0.717, 1.165) is 16.8 Å². The van der Waals surface area contributed by atoms with Crippen LogP contribution < -0.4 is 4.74 Å². The minimum Gasteiger partial charge on any atom is -0.477 e. The third-order valence-electron chi connectivity index (χ3n) is 2.61. The van der Waals surface area contributed by atoms with Gasteiger partial charge in [0.1, 0.15) is 4.83 Å². The van der Waals surface area contributed by atoms with Crippen molar-refractivity contribution in [1.29, 1.82) is 0 Å². The fraction of sp³-hybridized carbons (Fsp3) is 0.455. The second-order valence-corrected chi connectivity index (χ2v) is 5.70. The quantitative estimate of drug-likeness (QED) is 0.787. The van der Waals surface area contributed by atoms with Crippen LogP contribution in [0.5, 0.6) is 5.88 Å². The standard InChI is InChI=1S/C11H11ClN2OS/c1-6-4-8-9(15-5-7-2-3-7)13-11(12)14-10(8)16-6/h4,7H,2-3,5H2,1H3. The molecule has 0 radical (unpaired) electrons. The number of aromatic nitrogens is 2. The van der Waals surface area contributed by atoms with Crippen molar-refractivity contribution >= 4 is 33.2 Å². The molecule has 16 heavy (non-hydrogen) atoms. The van der Waals surface area contributed by atoms with E-state index in [4.69, 9.17) is 16.3 Å². The topological polar surface area (TPSA) is 35.0 Å². The Morgan fingerprint density at radius 1 is 1.50 bits per heavy atom. The number of hydrogen-bond donors (Lipinski definition) is 0. The third-order valence-corrected chi connectivity index (χ3v) is 3.72. The van der Waals surface area contributed by atoms with Gasteiger partial charge in [-0.15, -0.1) is 11.3 Å². The Morgan fingerprint density at radius 3 is 3.06 bits per heavy atom. The van der Waals surface area contributed by atoms with Crippen LogP contribution in [0.15, 0.2) is 6.07 Å². The van der Waals surface area contributed by atoms with Crippen LogP contribution in [-0.4, -0.2) is 16.6 Å². The zero-order chi connectivity index (χ0) is 11.1. The van der Waals surface area contributed by atoms with Crippen molar-refractivity contribution in [2.75, 3.05) is 6.61 Å². The first kappa shape index (κ1) is 10.3. The molecule has 2 aromatic heterocycles. The maximum absolute atomic E-state index is 5.87. The van der Waals surface area contributed by atoms with Crippen LogP contribution in [0, 0.1) is 12.8 Å². The monoisotopic (exact) mass is 254 g/mol. The van der Waals surface area contributed by atoms with Crippen molar-refractivity contribution in [3.8, 4) is 5.88 Å². The first-order valence-corrected chi connectivity index (χ1v) is 6.48. The summed E-state index contributed by atoms with van der Waals surface area (Å²) in [6, 6.07) is 2.05. The number of ether oxygens (including phenoxy) is 1. The lowest BCUT2D eigenvalue weighted by Gasteiger charge is -2.04. The number of halogens is 1. The first-order chi connectivity index (χ1) is 7.72. The Morgan fingerprint density at radius 2 is 2.31 bits per heavy atom. The van der Waals surface area contributed by atoms with E-state index in [1.54, 1.807) is 11.3 Å². The van der Waals surface area contributed by atoms with Gasteiger partial charge in [-0.25, -0.2) is 4.98 Å². The highest BCUT2D eigenvalue weighted by Crippen LogP contribution is 2.33. The first-order valence-electron chi connectivity index (χ1n) is 5.29. The second kappa shape index (κ2) is 3.86. The van der Waals surface area contributed by atoms with Gasteiger partial charge in [-0.2, -0.15) is 4.98 Å². The number of aryl methyl sites for hydroxylation is 1. The number of rotatable bonds is 3. The van der Waals surface area contributed by atoms with E-state index in [2.05, 4.69) is 16.0 Å². The molecule has 0 saturated heterocycles. The van der Waals surface area contributed by atoms with Crippen molar-refractivity contribution in [2.45, 2.75) is 19.8 Å². The summed E-state index contributed by atoms with van der Waals surface area (Å²) < 4.78 is 5.71. The molecule has 5 heteroatoms. The number of hydrogen-bond acceptors (Lipinski definition) is 4. The van der Waals surface area contributed by atoms with E-state index < -0.39 is 0 Å². The Hall–Kier alpha value is -0.870. The Balaban J connectivity index is 1.98. The van der Waals surface area contributed by atoms with Gasteiger partial charge in [0.15, 0.2) is 0 Å². The lowest BCUT2D eigenvalue weighted by molar-refractivity contribution is 0.292. The SMILES string of the molecule is Cc1cc2c(OCC3CC3)nc(Cl)nc2s1. The van der Waals surface area contributed by atoms with Gasteiger partial charge in [-0.3, -0.25) is 0 Å². The number of thiophene rings is 1. The maximum Gasteiger partial charge on any atom is 0.227 e. The van der Waals surface area contributed by atoms with E-state index in [1.165, 1.54) is 17.7 Å². The zero-order valence-electron chi connectivity index (χ0n) is 8.86. The largest absolute Gasteiger partial charge is 0.477 e. The number of nitrogens with zero attached hydrogens (tertiary/aromatic N) is 2. The average molecular weight is 255 g/mol. The van der Waals surface area contributed by atoms with E-state index in [1.807, 2.05) is 6.92 Å². The normalized spacial score (nSPS) is 15.6. The van der Waals surface area contributed by atoms with Gasteiger partial charge in [0.25, 0.3) is 0 Å². The summed E-state index contributed by atoms with van der Waals surface area (Å²) in [5.74, 6) is 1.34. The third kappa shape index (κ3) is 1.99. The van der Waals surface area contributed by atoms with Gasteiger partial charge in [-0.1, -0.05) is 0 Å². The van der Waals surface area contributed by atoms with Crippen molar-refractivity contribution in [3.63, 3.8) is 0 Å². The van der Waals surface area contributed by atoms with Crippen molar-refractivity contribution in [1.82, 2.24) is 9.97 Å². The molecule has 0 spiro atoms. The average Bonchev–Trinajstić information content (AvgIpc) is 2.97. The predicted octanol–water partition coefficient (Wildman–Crippen LogP) is 3.44. The highest BCUT2D eigenvalue weighted by atomic mass is 35.5. The van der Waals surface area contributed by atoms with E-state index in [-0.39, 0.29) is 5.28 Å². The van der Waals surface area contributed by atoms with Crippen LogP contribution in [0.4, 0.5) is 0 Å². The lowest BCUT2D eigenvalue weighted by Crippen LogP contribution is -2.01. The molecule has 0 amide bonds. The van der Waals surface area contributed by atoms with E-state index >= 15 is 0 Å². The van der Waals surface area contributed by atoms with Gasteiger partial charge >= 0.3 is 0 Å². The summed E-state index contributed by atoms with van der Waals surface area (Å²) in [5.41, 5.74) is 0. The molecule has 0 aromatic carbocycles. The molecule has 0 unspecified atom stereocenters. The molecule has 0 aliphatic heterocycles. The lowest BCUT2D eigenvalue weighted by atomic mass is 10.3. The summed E-state index contributed by atoms with van der Waals surface area (Å²) in [6.45, 7) is 2.79. The molecule has 0 bridgehead atoms. The molecule has 3 rings (SSSR count). The molecule has 1 saturated carbocycles. The molecule has 84 valence electrons. The highest BCUT2D eigenvalue weighted by molar-refractivity contribution is 7.18. The molecule has 3 nitrogen and oxygen atoms in total. The smallest absolute Gasteiger partial charge is 0.227 e. The van der Waals surface area contributed by atoms with Crippen LogP contribution in [0.1, 0.15) is 17.7 Å². The maximum atomic E-state index is 5.87. The van der Waals surface area contributed by atoms with E-state index in [9.17, 15) is 0 Å². The Kier molecular flexibility index (Phi) is 2.48. The second-order valence-electron chi connectivity index (χ2n) is 4.13. The van der Waals surface area contributed by atoms with Gasteiger partial charge in [0, 0.05) is 4.88 Å². The summed E-state index contributed by atoms with van der Waals surface area (Å²) in [5, 5.41) is 1.24. The van der Waals surface area contributed by atoms with Gasteiger partial charge in [-0.05, 0) is 43.4 Å². The fourth-order valence-corrected chi connectivity index (χ4v) is 2.66. The molecule has 1 aliphatic carbocycles.